The van der Waals surface area contributed by atoms with E-state index < -0.39 is 10.0 Å². The third-order valence-electron chi connectivity index (χ3n) is 4.81. The van der Waals surface area contributed by atoms with Crippen LogP contribution in [0.4, 0.5) is 5.69 Å². The first-order chi connectivity index (χ1) is 13.2. The molecule has 1 aliphatic rings. The summed E-state index contributed by atoms with van der Waals surface area (Å²) in [7, 11) is -3.71. The van der Waals surface area contributed by atoms with Crippen LogP contribution in [-0.4, -0.2) is 33.3 Å². The lowest BCUT2D eigenvalue weighted by atomic mass is 10.1. The molecule has 148 valence electrons. The van der Waals surface area contributed by atoms with Crippen LogP contribution in [0, 0.1) is 12.8 Å². The molecule has 0 radical (unpaired) electrons. The van der Waals surface area contributed by atoms with Gasteiger partial charge in [-0.25, -0.2) is 13.6 Å². The Labute approximate surface area is 164 Å². The van der Waals surface area contributed by atoms with Gasteiger partial charge >= 0.3 is 0 Å². The van der Waals surface area contributed by atoms with Gasteiger partial charge in [-0.15, -0.1) is 0 Å². The van der Waals surface area contributed by atoms with E-state index in [2.05, 4.69) is 5.32 Å². The zero-order valence-electron chi connectivity index (χ0n) is 15.6. The van der Waals surface area contributed by atoms with E-state index in [1.54, 1.807) is 17.0 Å². The smallest absolute Gasteiger partial charge is 0.238 e. The van der Waals surface area contributed by atoms with Crippen LogP contribution in [-0.2, 0) is 26.0 Å². The van der Waals surface area contributed by atoms with Crippen molar-refractivity contribution in [2.24, 2.45) is 11.1 Å². The van der Waals surface area contributed by atoms with Crippen LogP contribution in [0.15, 0.2) is 53.4 Å². The van der Waals surface area contributed by atoms with Gasteiger partial charge in [0.25, 0.3) is 0 Å². The number of nitrogens with one attached hydrogen (secondary N) is 1. The molecule has 8 heteroatoms. The van der Waals surface area contributed by atoms with Crippen molar-refractivity contribution < 1.29 is 18.0 Å². The third-order valence-corrected chi connectivity index (χ3v) is 5.74. The van der Waals surface area contributed by atoms with Crippen molar-refractivity contribution >= 4 is 27.5 Å². The monoisotopic (exact) mass is 401 g/mol. The zero-order chi connectivity index (χ0) is 20.3. The standard InChI is InChI=1S/C20H23N3O4S/c1-14-2-6-17(7-3-14)23-13-16(12-19(23)24)20(25)22-11-10-15-4-8-18(9-5-15)28(21,26)27/h2-9,16H,10-13H2,1H3,(H,22,25)(H2,21,26,27)/t16-/m0/s1. The van der Waals surface area contributed by atoms with Gasteiger partial charge in [-0.3, -0.25) is 9.59 Å². The maximum atomic E-state index is 12.4. The highest BCUT2D eigenvalue weighted by Crippen LogP contribution is 2.25. The fourth-order valence-electron chi connectivity index (χ4n) is 3.18. The number of primary sulfonamides is 1. The Bertz CT molecular complexity index is 970. The van der Waals surface area contributed by atoms with E-state index in [4.69, 9.17) is 5.14 Å². The molecule has 7 nitrogen and oxygen atoms in total. The Morgan fingerprint density at radius 3 is 2.39 bits per heavy atom. The summed E-state index contributed by atoms with van der Waals surface area (Å²) < 4.78 is 22.5. The Kier molecular flexibility index (Phi) is 5.81. The predicted molar refractivity (Wildman–Crippen MR) is 106 cm³/mol. The number of amides is 2. The first-order valence-corrected chi connectivity index (χ1v) is 10.5. The lowest BCUT2D eigenvalue weighted by Gasteiger charge is -2.17. The number of nitrogens with zero attached hydrogens (tertiary/aromatic N) is 1. The van der Waals surface area contributed by atoms with Crippen molar-refractivity contribution in [1.29, 1.82) is 0 Å². The fraction of sp³-hybridized carbons (Fsp3) is 0.300. The minimum absolute atomic E-state index is 0.0532. The molecule has 0 saturated carbocycles. The number of carbonyl (C=O) groups excluding carboxylic acids is 2. The van der Waals surface area contributed by atoms with Gasteiger partial charge in [0.15, 0.2) is 0 Å². The molecule has 1 heterocycles. The second-order valence-corrected chi connectivity index (χ2v) is 8.53. The zero-order valence-corrected chi connectivity index (χ0v) is 16.4. The van der Waals surface area contributed by atoms with E-state index in [9.17, 15) is 18.0 Å². The van der Waals surface area contributed by atoms with E-state index in [1.807, 2.05) is 31.2 Å². The maximum Gasteiger partial charge on any atom is 0.238 e. The molecule has 2 amide bonds. The number of carbonyl (C=O) groups is 2. The fourth-order valence-corrected chi connectivity index (χ4v) is 3.69. The number of sulfonamides is 1. The minimum atomic E-state index is -3.71. The van der Waals surface area contributed by atoms with E-state index in [0.29, 0.717) is 19.5 Å². The van der Waals surface area contributed by atoms with E-state index in [-0.39, 0.29) is 29.0 Å². The summed E-state index contributed by atoms with van der Waals surface area (Å²) >= 11 is 0. The topological polar surface area (TPSA) is 110 Å². The summed E-state index contributed by atoms with van der Waals surface area (Å²) in [5, 5.41) is 7.93. The largest absolute Gasteiger partial charge is 0.355 e. The van der Waals surface area contributed by atoms with Crippen LogP contribution in [0.2, 0.25) is 0 Å². The van der Waals surface area contributed by atoms with Gasteiger partial charge in [-0.2, -0.15) is 0 Å². The van der Waals surface area contributed by atoms with E-state index >= 15 is 0 Å². The van der Waals surface area contributed by atoms with Crippen molar-refractivity contribution in [1.82, 2.24) is 5.32 Å². The molecule has 2 aromatic rings. The summed E-state index contributed by atoms with van der Waals surface area (Å²) in [6.07, 6.45) is 0.752. The van der Waals surface area contributed by atoms with Gasteiger partial charge in [0, 0.05) is 25.2 Å². The number of aryl methyl sites for hydroxylation is 1. The number of hydrogen-bond acceptors (Lipinski definition) is 4. The van der Waals surface area contributed by atoms with Crippen molar-refractivity contribution in [2.75, 3.05) is 18.0 Å². The van der Waals surface area contributed by atoms with Crippen LogP contribution < -0.4 is 15.4 Å². The summed E-state index contributed by atoms with van der Waals surface area (Å²) in [5.74, 6) is -0.578. The molecule has 1 fully saturated rings. The quantitative estimate of drug-likeness (QED) is 0.761. The van der Waals surface area contributed by atoms with Crippen molar-refractivity contribution in [3.05, 3.63) is 59.7 Å². The summed E-state index contributed by atoms with van der Waals surface area (Å²) in [4.78, 5) is 26.4. The molecule has 3 N–H and O–H groups in total. The summed E-state index contributed by atoms with van der Waals surface area (Å²) in [6.45, 7) is 2.76. The molecule has 2 aromatic carbocycles. The average molecular weight is 401 g/mol. The van der Waals surface area contributed by atoms with Gasteiger partial charge < -0.3 is 10.2 Å². The number of rotatable bonds is 6. The Balaban J connectivity index is 1.51. The predicted octanol–water partition coefficient (Wildman–Crippen LogP) is 1.35. The minimum Gasteiger partial charge on any atom is -0.355 e. The lowest BCUT2D eigenvalue weighted by molar-refractivity contribution is -0.126. The molecule has 0 aromatic heterocycles. The normalized spacial score (nSPS) is 17.0. The average Bonchev–Trinajstić information content (AvgIpc) is 3.04. The molecule has 1 saturated heterocycles. The van der Waals surface area contributed by atoms with Crippen LogP contribution in [0.5, 0.6) is 0 Å². The molecule has 1 aliphatic heterocycles. The second-order valence-electron chi connectivity index (χ2n) is 6.97. The molecule has 3 rings (SSSR count). The van der Waals surface area contributed by atoms with Crippen LogP contribution >= 0.6 is 0 Å². The molecule has 0 aliphatic carbocycles. The summed E-state index contributed by atoms with van der Waals surface area (Å²) in [6, 6.07) is 13.9. The first-order valence-electron chi connectivity index (χ1n) is 9.00. The molecule has 1 atom stereocenters. The Morgan fingerprint density at radius 1 is 1.14 bits per heavy atom. The molecular formula is C20H23N3O4S. The van der Waals surface area contributed by atoms with Gasteiger partial charge in [0.05, 0.1) is 10.8 Å². The molecule has 0 bridgehead atoms. The third kappa shape index (κ3) is 4.76. The first kappa shape index (κ1) is 20.0. The molecular weight excluding hydrogens is 378 g/mol. The highest BCUT2D eigenvalue weighted by molar-refractivity contribution is 7.89. The SMILES string of the molecule is Cc1ccc(N2C[C@@H](C(=O)NCCc3ccc(S(N)(=O)=O)cc3)CC2=O)cc1. The van der Waals surface area contributed by atoms with E-state index in [0.717, 1.165) is 16.8 Å². The van der Waals surface area contributed by atoms with Crippen molar-refractivity contribution in [3.8, 4) is 0 Å². The van der Waals surface area contributed by atoms with Gasteiger partial charge in [0.1, 0.15) is 0 Å². The van der Waals surface area contributed by atoms with Crippen molar-refractivity contribution in [2.45, 2.75) is 24.7 Å². The number of anilines is 1. The van der Waals surface area contributed by atoms with Gasteiger partial charge in [-0.05, 0) is 43.2 Å². The number of nitrogens with two attached hydrogens (primary N) is 1. The Morgan fingerprint density at radius 2 is 1.79 bits per heavy atom. The lowest BCUT2D eigenvalue weighted by Crippen LogP contribution is -2.34. The molecule has 0 unspecified atom stereocenters. The highest BCUT2D eigenvalue weighted by atomic mass is 32.2. The molecule has 0 spiro atoms. The second kappa shape index (κ2) is 8.12. The molecule has 28 heavy (non-hydrogen) atoms. The van der Waals surface area contributed by atoms with Crippen LogP contribution in [0.1, 0.15) is 17.5 Å². The number of benzene rings is 2. The maximum absolute atomic E-state index is 12.4. The Hall–Kier alpha value is -2.71. The van der Waals surface area contributed by atoms with Crippen LogP contribution in [0.25, 0.3) is 0 Å². The van der Waals surface area contributed by atoms with Crippen LogP contribution in [0.3, 0.4) is 0 Å². The summed E-state index contributed by atoms with van der Waals surface area (Å²) in [5.41, 5.74) is 2.80. The van der Waals surface area contributed by atoms with Gasteiger partial charge in [-0.1, -0.05) is 29.8 Å². The van der Waals surface area contributed by atoms with E-state index in [1.165, 1.54) is 12.1 Å². The van der Waals surface area contributed by atoms with Crippen molar-refractivity contribution in [3.63, 3.8) is 0 Å². The highest BCUT2D eigenvalue weighted by Gasteiger charge is 2.34. The van der Waals surface area contributed by atoms with Gasteiger partial charge in [0.2, 0.25) is 21.8 Å². The number of hydrogen-bond donors (Lipinski definition) is 2.